The van der Waals surface area contributed by atoms with Gasteiger partial charge in [-0.15, -0.1) is 0 Å². The predicted molar refractivity (Wildman–Crippen MR) is 44.8 cm³/mol. The number of hydrogen-bond acceptors (Lipinski definition) is 4. The smallest absolute Gasteiger partial charge is 0.409 e. The summed E-state index contributed by atoms with van der Waals surface area (Å²) in [6, 6.07) is 0. The van der Waals surface area contributed by atoms with Gasteiger partial charge in [-0.3, -0.25) is 5.32 Å². The SMILES string of the molecule is CCOc1ncncc1NC(=O)O. The molecule has 0 aliphatic rings. The number of anilines is 1. The van der Waals surface area contributed by atoms with E-state index in [2.05, 4.69) is 15.3 Å². The summed E-state index contributed by atoms with van der Waals surface area (Å²) >= 11 is 0. The summed E-state index contributed by atoms with van der Waals surface area (Å²) in [7, 11) is 0. The molecule has 1 rings (SSSR count). The molecule has 0 spiro atoms. The predicted octanol–water partition coefficient (Wildman–Crippen LogP) is 0.965. The lowest BCUT2D eigenvalue weighted by atomic mass is 10.5. The van der Waals surface area contributed by atoms with Crippen LogP contribution in [0.5, 0.6) is 5.88 Å². The third-order valence-corrected chi connectivity index (χ3v) is 1.20. The molecule has 0 radical (unpaired) electrons. The van der Waals surface area contributed by atoms with Gasteiger partial charge in [-0.1, -0.05) is 0 Å². The first-order valence-corrected chi connectivity index (χ1v) is 3.66. The Morgan fingerprint density at radius 2 is 2.54 bits per heavy atom. The Hall–Kier alpha value is -1.85. The fourth-order valence-corrected chi connectivity index (χ4v) is 0.771. The molecule has 6 nitrogen and oxygen atoms in total. The maximum atomic E-state index is 10.3. The van der Waals surface area contributed by atoms with Gasteiger partial charge < -0.3 is 9.84 Å². The first-order valence-electron chi connectivity index (χ1n) is 3.66. The number of amides is 1. The lowest BCUT2D eigenvalue weighted by Gasteiger charge is -2.06. The van der Waals surface area contributed by atoms with Crippen molar-refractivity contribution in [2.24, 2.45) is 0 Å². The van der Waals surface area contributed by atoms with E-state index in [1.807, 2.05) is 0 Å². The van der Waals surface area contributed by atoms with Crippen molar-refractivity contribution in [3.8, 4) is 5.88 Å². The molecule has 0 saturated heterocycles. The average molecular weight is 183 g/mol. The van der Waals surface area contributed by atoms with Gasteiger partial charge in [0, 0.05) is 0 Å². The van der Waals surface area contributed by atoms with Gasteiger partial charge >= 0.3 is 6.09 Å². The van der Waals surface area contributed by atoms with E-state index in [1.54, 1.807) is 6.92 Å². The molecule has 13 heavy (non-hydrogen) atoms. The normalized spacial score (nSPS) is 9.31. The summed E-state index contributed by atoms with van der Waals surface area (Å²) < 4.78 is 5.06. The zero-order valence-electron chi connectivity index (χ0n) is 7.02. The van der Waals surface area contributed by atoms with Crippen LogP contribution in [-0.4, -0.2) is 27.8 Å². The van der Waals surface area contributed by atoms with E-state index in [1.165, 1.54) is 12.5 Å². The number of ether oxygens (including phenoxy) is 1. The van der Waals surface area contributed by atoms with Crippen LogP contribution in [0.15, 0.2) is 12.5 Å². The molecule has 0 saturated carbocycles. The number of nitrogens with zero attached hydrogens (tertiary/aromatic N) is 2. The van der Waals surface area contributed by atoms with Crippen molar-refractivity contribution in [3.05, 3.63) is 12.5 Å². The van der Waals surface area contributed by atoms with E-state index >= 15 is 0 Å². The van der Waals surface area contributed by atoms with Crippen LogP contribution in [0.2, 0.25) is 0 Å². The lowest BCUT2D eigenvalue weighted by molar-refractivity contribution is 0.209. The Labute approximate surface area is 74.6 Å². The van der Waals surface area contributed by atoms with Crippen molar-refractivity contribution >= 4 is 11.8 Å². The van der Waals surface area contributed by atoms with Crippen LogP contribution in [0.25, 0.3) is 0 Å². The van der Waals surface area contributed by atoms with Crippen LogP contribution >= 0.6 is 0 Å². The summed E-state index contributed by atoms with van der Waals surface area (Å²) in [6.07, 6.45) is 1.46. The molecule has 0 aromatic carbocycles. The fraction of sp³-hybridized carbons (Fsp3) is 0.286. The second-order valence-corrected chi connectivity index (χ2v) is 2.10. The second kappa shape index (κ2) is 4.24. The van der Waals surface area contributed by atoms with Gasteiger partial charge in [0.25, 0.3) is 0 Å². The first-order chi connectivity index (χ1) is 6.24. The quantitative estimate of drug-likeness (QED) is 0.729. The topological polar surface area (TPSA) is 84.3 Å². The molecule has 0 atom stereocenters. The molecule has 70 valence electrons. The molecule has 1 amide bonds. The highest BCUT2D eigenvalue weighted by atomic mass is 16.5. The largest absolute Gasteiger partial charge is 0.476 e. The second-order valence-electron chi connectivity index (χ2n) is 2.10. The summed E-state index contributed by atoms with van der Waals surface area (Å²) in [5.74, 6) is 0.236. The van der Waals surface area contributed by atoms with E-state index in [4.69, 9.17) is 9.84 Å². The molecule has 0 unspecified atom stereocenters. The van der Waals surface area contributed by atoms with Crippen LogP contribution < -0.4 is 10.1 Å². The van der Waals surface area contributed by atoms with Gasteiger partial charge in [-0.25, -0.2) is 9.78 Å². The van der Waals surface area contributed by atoms with E-state index in [9.17, 15) is 4.79 Å². The van der Waals surface area contributed by atoms with Gasteiger partial charge in [0.15, 0.2) is 0 Å². The van der Waals surface area contributed by atoms with Crippen LogP contribution in [0, 0.1) is 0 Å². The number of aromatic nitrogens is 2. The molecule has 1 aromatic rings. The van der Waals surface area contributed by atoms with Crippen LogP contribution in [-0.2, 0) is 0 Å². The van der Waals surface area contributed by atoms with Crippen molar-refractivity contribution in [3.63, 3.8) is 0 Å². The molecule has 0 bridgehead atoms. The van der Waals surface area contributed by atoms with Crippen LogP contribution in [0.1, 0.15) is 6.92 Å². The molecule has 1 aromatic heterocycles. The Bertz CT molecular complexity index is 303. The highest BCUT2D eigenvalue weighted by Gasteiger charge is 2.06. The molecular formula is C7H9N3O3. The number of nitrogens with one attached hydrogen (secondary N) is 1. The zero-order valence-corrected chi connectivity index (χ0v) is 7.02. The highest BCUT2D eigenvalue weighted by Crippen LogP contribution is 2.18. The number of carbonyl (C=O) groups is 1. The number of hydrogen-bond donors (Lipinski definition) is 2. The third-order valence-electron chi connectivity index (χ3n) is 1.20. The minimum Gasteiger partial charge on any atom is -0.476 e. The van der Waals surface area contributed by atoms with Crippen LogP contribution in [0.3, 0.4) is 0 Å². The van der Waals surface area contributed by atoms with Gasteiger partial charge in [-0.2, -0.15) is 4.98 Å². The Kier molecular flexibility index (Phi) is 3.02. The number of carboxylic acid groups (broad SMARTS) is 1. The van der Waals surface area contributed by atoms with E-state index in [0.29, 0.717) is 6.61 Å². The summed E-state index contributed by atoms with van der Waals surface area (Å²) in [6.45, 7) is 2.21. The maximum Gasteiger partial charge on any atom is 0.409 e. The van der Waals surface area contributed by atoms with Gasteiger partial charge in [0.1, 0.15) is 12.0 Å². The van der Waals surface area contributed by atoms with Crippen molar-refractivity contribution in [1.29, 1.82) is 0 Å². The minimum atomic E-state index is -1.17. The molecule has 2 N–H and O–H groups in total. The number of rotatable bonds is 3. The third kappa shape index (κ3) is 2.58. The standard InChI is InChI=1S/C7H9N3O3/c1-2-13-6-5(10-7(11)12)3-8-4-9-6/h3-4,10H,2H2,1H3,(H,11,12). The van der Waals surface area contributed by atoms with Crippen molar-refractivity contribution in [2.45, 2.75) is 6.92 Å². The Morgan fingerprint density at radius 3 is 3.15 bits per heavy atom. The molecule has 6 heteroatoms. The monoisotopic (exact) mass is 183 g/mol. The van der Waals surface area contributed by atoms with Crippen LogP contribution in [0.4, 0.5) is 10.5 Å². The Morgan fingerprint density at radius 1 is 1.77 bits per heavy atom. The lowest BCUT2D eigenvalue weighted by Crippen LogP contribution is -2.10. The van der Waals surface area contributed by atoms with Crippen molar-refractivity contribution < 1.29 is 14.6 Å². The average Bonchev–Trinajstić information content (AvgIpc) is 2.08. The summed E-state index contributed by atoms with van der Waals surface area (Å²) in [5, 5.41) is 10.6. The molecule has 0 aliphatic carbocycles. The zero-order chi connectivity index (χ0) is 9.68. The van der Waals surface area contributed by atoms with Crippen molar-refractivity contribution in [1.82, 2.24) is 9.97 Å². The van der Waals surface area contributed by atoms with E-state index in [-0.39, 0.29) is 11.6 Å². The van der Waals surface area contributed by atoms with Gasteiger partial charge in [0.2, 0.25) is 5.88 Å². The summed E-state index contributed by atoms with van der Waals surface area (Å²) in [4.78, 5) is 17.7. The van der Waals surface area contributed by atoms with E-state index in [0.717, 1.165) is 0 Å². The van der Waals surface area contributed by atoms with E-state index < -0.39 is 6.09 Å². The minimum absolute atomic E-state index is 0.236. The maximum absolute atomic E-state index is 10.3. The summed E-state index contributed by atoms with van der Waals surface area (Å²) in [5.41, 5.74) is 0.247. The highest BCUT2D eigenvalue weighted by molar-refractivity contribution is 5.84. The van der Waals surface area contributed by atoms with Gasteiger partial charge in [-0.05, 0) is 6.92 Å². The molecule has 0 fully saturated rings. The Balaban J connectivity index is 2.84. The first kappa shape index (κ1) is 9.24. The molecule has 1 heterocycles. The van der Waals surface area contributed by atoms with Gasteiger partial charge in [0.05, 0.1) is 12.8 Å². The molecule has 0 aliphatic heterocycles. The fourth-order valence-electron chi connectivity index (χ4n) is 0.771. The van der Waals surface area contributed by atoms with Crippen molar-refractivity contribution in [2.75, 3.05) is 11.9 Å². The molecular weight excluding hydrogens is 174 g/mol.